The van der Waals surface area contributed by atoms with Crippen LogP contribution in [0.4, 0.5) is 5.69 Å². The van der Waals surface area contributed by atoms with E-state index in [9.17, 15) is 9.59 Å². The predicted molar refractivity (Wildman–Crippen MR) is 120 cm³/mol. The second-order valence-electron chi connectivity index (χ2n) is 7.75. The molecule has 31 heavy (non-hydrogen) atoms. The molecule has 1 aliphatic rings. The van der Waals surface area contributed by atoms with E-state index in [1.54, 1.807) is 22.6 Å². The van der Waals surface area contributed by atoms with Gasteiger partial charge in [0.1, 0.15) is 6.04 Å². The maximum Gasteiger partial charge on any atom is 0.267 e. The van der Waals surface area contributed by atoms with Gasteiger partial charge in [-0.15, -0.1) is 5.10 Å². The number of para-hydroxylation sites is 1. The van der Waals surface area contributed by atoms with Crippen molar-refractivity contribution in [1.82, 2.24) is 24.5 Å². The minimum absolute atomic E-state index is 0.126. The second-order valence-corrected chi connectivity index (χ2v) is 8.16. The normalized spacial score (nSPS) is 15.2. The number of piperazine rings is 1. The molecule has 1 fully saturated rings. The van der Waals surface area contributed by atoms with Gasteiger partial charge >= 0.3 is 0 Å². The van der Waals surface area contributed by atoms with E-state index in [0.717, 1.165) is 17.1 Å². The lowest BCUT2D eigenvalue weighted by atomic mass is 10.2. The molecule has 8 nitrogen and oxygen atoms in total. The third-order valence-corrected chi connectivity index (χ3v) is 5.87. The van der Waals surface area contributed by atoms with Gasteiger partial charge in [0.15, 0.2) is 5.82 Å². The fraction of sp³-hybridized carbons (Fsp3) is 0.364. The molecule has 0 N–H and O–H groups in total. The zero-order valence-electron chi connectivity index (χ0n) is 17.8. The van der Waals surface area contributed by atoms with Crippen LogP contribution >= 0.6 is 11.6 Å². The number of amides is 1. The number of carbonyl (C=O) groups is 1. The molecular weight excluding hydrogens is 416 g/mol. The molecule has 3 heterocycles. The Morgan fingerprint density at radius 2 is 1.74 bits per heavy atom. The van der Waals surface area contributed by atoms with E-state index in [1.807, 2.05) is 44.2 Å². The quantitative estimate of drug-likeness (QED) is 0.623. The van der Waals surface area contributed by atoms with Gasteiger partial charge in [-0.1, -0.05) is 23.7 Å². The second kappa shape index (κ2) is 8.55. The third-order valence-electron chi connectivity index (χ3n) is 5.55. The largest absolute Gasteiger partial charge is 0.367 e. The smallest absolute Gasteiger partial charge is 0.267 e. The van der Waals surface area contributed by atoms with E-state index in [0.29, 0.717) is 37.0 Å². The third kappa shape index (κ3) is 4.20. The topological polar surface area (TPSA) is 76.3 Å². The molecule has 0 saturated carbocycles. The number of hydrogen-bond acceptors (Lipinski definition) is 5. The summed E-state index contributed by atoms with van der Waals surface area (Å²) >= 11 is 6.31. The first kappa shape index (κ1) is 21.1. The van der Waals surface area contributed by atoms with Gasteiger partial charge in [0.2, 0.25) is 5.91 Å². The van der Waals surface area contributed by atoms with Crippen LogP contribution in [0.5, 0.6) is 0 Å². The number of aryl methyl sites for hydroxylation is 2. The molecule has 3 aromatic rings. The number of rotatable bonds is 4. The Bertz CT molecular complexity index is 1160. The van der Waals surface area contributed by atoms with Crippen molar-refractivity contribution in [3.63, 3.8) is 0 Å². The SMILES string of the molecule is Cc1cc(C)n(-c2ccc(=O)n(C(C)C(=O)N3CCN(c4ccccc4Cl)CC3)n2)n1. The van der Waals surface area contributed by atoms with Crippen LogP contribution in [0.1, 0.15) is 24.4 Å². The number of anilines is 1. The Labute approximate surface area is 185 Å². The fourth-order valence-corrected chi connectivity index (χ4v) is 4.17. The summed E-state index contributed by atoms with van der Waals surface area (Å²) < 4.78 is 2.92. The Morgan fingerprint density at radius 1 is 1.03 bits per heavy atom. The van der Waals surface area contributed by atoms with E-state index in [1.165, 1.54) is 10.7 Å². The minimum atomic E-state index is -0.712. The van der Waals surface area contributed by atoms with Crippen LogP contribution in [-0.2, 0) is 4.79 Å². The van der Waals surface area contributed by atoms with Crippen molar-refractivity contribution in [1.29, 1.82) is 0 Å². The Morgan fingerprint density at radius 3 is 2.39 bits per heavy atom. The van der Waals surface area contributed by atoms with E-state index >= 15 is 0 Å². The van der Waals surface area contributed by atoms with Crippen LogP contribution in [0.3, 0.4) is 0 Å². The summed E-state index contributed by atoms with van der Waals surface area (Å²) in [5, 5.41) is 9.55. The fourth-order valence-electron chi connectivity index (χ4n) is 3.91. The number of carbonyl (C=O) groups excluding carboxylic acids is 1. The zero-order chi connectivity index (χ0) is 22.1. The van der Waals surface area contributed by atoms with Gasteiger partial charge in [-0.05, 0) is 45.0 Å². The summed E-state index contributed by atoms with van der Waals surface area (Å²) in [6.07, 6.45) is 0. The average Bonchev–Trinajstić information content (AvgIpc) is 3.11. The first-order valence-electron chi connectivity index (χ1n) is 10.3. The van der Waals surface area contributed by atoms with E-state index in [-0.39, 0.29) is 11.5 Å². The van der Waals surface area contributed by atoms with Gasteiger partial charge in [0.05, 0.1) is 16.4 Å². The molecule has 0 spiro atoms. The van der Waals surface area contributed by atoms with Gasteiger partial charge < -0.3 is 9.80 Å². The summed E-state index contributed by atoms with van der Waals surface area (Å²) in [6.45, 7) is 7.99. The van der Waals surface area contributed by atoms with Gasteiger partial charge in [-0.3, -0.25) is 9.59 Å². The Kier molecular flexibility index (Phi) is 5.82. The van der Waals surface area contributed by atoms with Crippen molar-refractivity contribution in [3.8, 4) is 5.82 Å². The van der Waals surface area contributed by atoms with Crippen molar-refractivity contribution < 1.29 is 4.79 Å². The van der Waals surface area contributed by atoms with Gasteiger partial charge in [-0.25, -0.2) is 9.36 Å². The maximum atomic E-state index is 13.1. The van der Waals surface area contributed by atoms with Gasteiger partial charge in [0.25, 0.3) is 5.56 Å². The van der Waals surface area contributed by atoms with Crippen molar-refractivity contribution in [2.45, 2.75) is 26.8 Å². The first-order chi connectivity index (χ1) is 14.8. The lowest BCUT2D eigenvalue weighted by molar-refractivity contribution is -0.135. The van der Waals surface area contributed by atoms with Crippen LogP contribution in [0.25, 0.3) is 5.82 Å². The highest BCUT2D eigenvalue weighted by molar-refractivity contribution is 6.33. The molecule has 2 aromatic heterocycles. The standard InChI is InChI=1S/C22H25ClN6O2/c1-15-14-16(2)28(24-15)20-8-9-21(30)29(25-20)17(3)22(31)27-12-10-26(11-13-27)19-7-5-4-6-18(19)23/h4-9,14,17H,10-13H2,1-3H3. The predicted octanol–water partition coefficient (Wildman–Crippen LogP) is 2.61. The molecule has 1 aromatic carbocycles. The Balaban J connectivity index is 1.50. The molecule has 4 rings (SSSR count). The molecule has 0 bridgehead atoms. The molecule has 0 radical (unpaired) electrons. The van der Waals surface area contributed by atoms with E-state index < -0.39 is 6.04 Å². The summed E-state index contributed by atoms with van der Waals surface area (Å²) in [5.74, 6) is 0.382. The summed E-state index contributed by atoms with van der Waals surface area (Å²) in [4.78, 5) is 29.6. The number of nitrogens with zero attached hydrogens (tertiary/aromatic N) is 6. The number of aromatic nitrogens is 4. The molecule has 1 atom stereocenters. The molecule has 1 saturated heterocycles. The molecular formula is C22H25ClN6O2. The van der Waals surface area contributed by atoms with E-state index in [2.05, 4.69) is 15.1 Å². The van der Waals surface area contributed by atoms with Crippen LogP contribution in [-0.4, -0.2) is 56.5 Å². The first-order valence-corrected chi connectivity index (χ1v) is 10.6. The van der Waals surface area contributed by atoms with Crippen molar-refractivity contribution in [2.75, 3.05) is 31.1 Å². The highest BCUT2D eigenvalue weighted by Gasteiger charge is 2.28. The van der Waals surface area contributed by atoms with E-state index in [4.69, 9.17) is 11.6 Å². The minimum Gasteiger partial charge on any atom is -0.367 e. The van der Waals surface area contributed by atoms with Gasteiger partial charge in [0, 0.05) is 37.9 Å². The lowest BCUT2D eigenvalue weighted by Crippen LogP contribution is -2.51. The van der Waals surface area contributed by atoms with Gasteiger partial charge in [-0.2, -0.15) is 5.10 Å². The summed E-state index contributed by atoms with van der Waals surface area (Å²) in [5.41, 5.74) is 2.42. The molecule has 1 unspecified atom stereocenters. The molecule has 9 heteroatoms. The monoisotopic (exact) mass is 440 g/mol. The van der Waals surface area contributed by atoms with Crippen molar-refractivity contribution in [3.05, 3.63) is 69.2 Å². The maximum absolute atomic E-state index is 13.1. The summed E-state index contributed by atoms with van der Waals surface area (Å²) in [7, 11) is 0. The molecule has 1 amide bonds. The van der Waals surface area contributed by atoms with Crippen LogP contribution in [0.15, 0.2) is 47.3 Å². The number of halogens is 1. The molecule has 162 valence electrons. The van der Waals surface area contributed by atoms with Crippen molar-refractivity contribution >= 4 is 23.2 Å². The van der Waals surface area contributed by atoms with Crippen LogP contribution in [0, 0.1) is 13.8 Å². The highest BCUT2D eigenvalue weighted by Crippen LogP contribution is 2.26. The van der Waals surface area contributed by atoms with Crippen molar-refractivity contribution in [2.24, 2.45) is 0 Å². The number of hydrogen-bond donors (Lipinski definition) is 0. The zero-order valence-corrected chi connectivity index (χ0v) is 18.6. The Hall–Kier alpha value is -3.13. The lowest BCUT2D eigenvalue weighted by Gasteiger charge is -2.37. The average molecular weight is 441 g/mol. The number of benzene rings is 1. The summed E-state index contributed by atoms with van der Waals surface area (Å²) in [6, 6.07) is 12.0. The highest BCUT2D eigenvalue weighted by atomic mass is 35.5. The van der Waals surface area contributed by atoms with Crippen LogP contribution < -0.4 is 10.5 Å². The molecule has 1 aliphatic heterocycles. The van der Waals surface area contributed by atoms with Crippen LogP contribution in [0.2, 0.25) is 5.02 Å². The molecule has 0 aliphatic carbocycles.